The lowest BCUT2D eigenvalue weighted by Crippen LogP contribution is -2.51. The van der Waals surface area contributed by atoms with Gasteiger partial charge in [0.15, 0.2) is 0 Å². The second kappa shape index (κ2) is 9.42. The zero-order chi connectivity index (χ0) is 20.1. The van der Waals surface area contributed by atoms with Crippen molar-refractivity contribution in [1.82, 2.24) is 14.7 Å². The van der Waals surface area contributed by atoms with Gasteiger partial charge >= 0.3 is 0 Å². The van der Waals surface area contributed by atoms with Crippen molar-refractivity contribution in [2.75, 3.05) is 46.4 Å². The number of hydrogen-bond donors (Lipinski definition) is 0. The highest BCUT2D eigenvalue weighted by Crippen LogP contribution is 2.27. The smallest absolute Gasteiger partial charge is 0.244 e. The van der Waals surface area contributed by atoms with Crippen LogP contribution in [0.3, 0.4) is 0 Å². The number of likely N-dealkylation sites (tertiary alicyclic amines) is 1. The number of methoxy groups -OCH3 is 1. The van der Waals surface area contributed by atoms with Gasteiger partial charge in [-0.1, -0.05) is 42.5 Å². The van der Waals surface area contributed by atoms with Crippen LogP contribution in [-0.4, -0.2) is 67.0 Å². The Morgan fingerprint density at radius 1 is 0.897 bits per heavy atom. The summed E-state index contributed by atoms with van der Waals surface area (Å²) < 4.78 is 5.25. The second-order valence-electron chi connectivity index (χ2n) is 8.01. The Morgan fingerprint density at radius 3 is 2.17 bits per heavy atom. The van der Waals surface area contributed by atoms with Gasteiger partial charge < -0.3 is 9.64 Å². The van der Waals surface area contributed by atoms with Crippen molar-refractivity contribution < 1.29 is 9.53 Å². The van der Waals surface area contributed by atoms with E-state index in [-0.39, 0.29) is 11.9 Å². The number of piperazine rings is 1. The van der Waals surface area contributed by atoms with E-state index in [4.69, 9.17) is 4.74 Å². The number of amides is 1. The van der Waals surface area contributed by atoms with Crippen LogP contribution in [0.4, 0.5) is 0 Å². The summed E-state index contributed by atoms with van der Waals surface area (Å²) >= 11 is 0. The van der Waals surface area contributed by atoms with E-state index in [0.717, 1.165) is 70.0 Å². The van der Waals surface area contributed by atoms with E-state index in [1.807, 2.05) is 30.3 Å². The average molecular weight is 394 g/mol. The Labute approximate surface area is 173 Å². The van der Waals surface area contributed by atoms with Gasteiger partial charge in [0.05, 0.1) is 7.11 Å². The van der Waals surface area contributed by atoms with Gasteiger partial charge in [-0.15, -0.1) is 0 Å². The molecule has 2 aliphatic rings. The molecule has 4 rings (SSSR count). The number of carbonyl (C=O) groups is 1. The van der Waals surface area contributed by atoms with E-state index in [9.17, 15) is 4.79 Å². The van der Waals surface area contributed by atoms with Gasteiger partial charge in [0.2, 0.25) is 5.91 Å². The van der Waals surface area contributed by atoms with Crippen molar-refractivity contribution in [2.24, 2.45) is 0 Å². The molecule has 0 N–H and O–H groups in total. The van der Waals surface area contributed by atoms with E-state index < -0.39 is 0 Å². The van der Waals surface area contributed by atoms with Gasteiger partial charge in [0.25, 0.3) is 0 Å². The molecule has 0 spiro atoms. The van der Waals surface area contributed by atoms with Crippen LogP contribution < -0.4 is 4.74 Å². The minimum atomic E-state index is -0.155. The number of nitrogens with zero attached hydrogens (tertiary/aromatic N) is 3. The fourth-order valence-corrected chi connectivity index (χ4v) is 4.42. The third-order valence-electron chi connectivity index (χ3n) is 6.10. The molecule has 1 unspecified atom stereocenters. The summed E-state index contributed by atoms with van der Waals surface area (Å²) in [4.78, 5) is 20.2. The largest absolute Gasteiger partial charge is 0.497 e. The molecule has 0 aromatic heterocycles. The van der Waals surface area contributed by atoms with Crippen molar-refractivity contribution >= 4 is 5.91 Å². The summed E-state index contributed by atoms with van der Waals surface area (Å²) in [6.07, 6.45) is 2.26. The van der Waals surface area contributed by atoms with Gasteiger partial charge in [0.1, 0.15) is 11.8 Å². The normalized spacial score (nSPS) is 19.3. The maximum Gasteiger partial charge on any atom is 0.244 e. The Morgan fingerprint density at radius 2 is 1.55 bits per heavy atom. The summed E-state index contributed by atoms with van der Waals surface area (Å²) in [6.45, 7) is 6.52. The van der Waals surface area contributed by atoms with Crippen molar-refractivity contribution in [2.45, 2.75) is 25.4 Å². The Bertz CT molecular complexity index is 780. The van der Waals surface area contributed by atoms with Crippen LogP contribution in [-0.2, 0) is 11.3 Å². The third kappa shape index (κ3) is 4.80. The molecule has 2 aliphatic heterocycles. The molecule has 5 nitrogen and oxygen atoms in total. The zero-order valence-corrected chi connectivity index (χ0v) is 17.3. The molecule has 154 valence electrons. The SMILES string of the molecule is COc1ccc(CN2CCN(C(C(=O)N3CCCC3)c3ccccc3)CC2)cc1. The van der Waals surface area contributed by atoms with Crippen LogP contribution in [0, 0.1) is 0 Å². The fourth-order valence-electron chi connectivity index (χ4n) is 4.42. The lowest BCUT2D eigenvalue weighted by Gasteiger charge is -2.40. The van der Waals surface area contributed by atoms with Crippen LogP contribution in [0.25, 0.3) is 0 Å². The molecule has 2 fully saturated rings. The number of carbonyl (C=O) groups excluding carboxylic acids is 1. The predicted octanol–water partition coefficient (Wildman–Crippen LogP) is 3.18. The highest BCUT2D eigenvalue weighted by Gasteiger charge is 2.34. The summed E-state index contributed by atoms with van der Waals surface area (Å²) in [6, 6.07) is 18.5. The van der Waals surface area contributed by atoms with Crippen molar-refractivity contribution in [3.63, 3.8) is 0 Å². The lowest BCUT2D eigenvalue weighted by molar-refractivity contribution is -0.137. The molecule has 1 amide bonds. The second-order valence-corrected chi connectivity index (χ2v) is 8.01. The number of ether oxygens (including phenoxy) is 1. The fraction of sp³-hybridized carbons (Fsp3) is 0.458. The van der Waals surface area contributed by atoms with Crippen LogP contribution in [0.5, 0.6) is 5.75 Å². The summed E-state index contributed by atoms with van der Waals surface area (Å²) in [5.74, 6) is 1.17. The topological polar surface area (TPSA) is 36.0 Å². The van der Waals surface area contributed by atoms with E-state index >= 15 is 0 Å². The average Bonchev–Trinajstić information content (AvgIpc) is 3.31. The Hall–Kier alpha value is -2.37. The summed E-state index contributed by atoms with van der Waals surface area (Å²) in [5, 5.41) is 0. The first-order valence-electron chi connectivity index (χ1n) is 10.7. The minimum Gasteiger partial charge on any atom is -0.497 e. The molecule has 0 saturated carbocycles. The zero-order valence-electron chi connectivity index (χ0n) is 17.3. The van der Waals surface area contributed by atoms with Gasteiger partial charge in [-0.25, -0.2) is 0 Å². The molecular formula is C24H31N3O2. The molecule has 0 aliphatic carbocycles. The van der Waals surface area contributed by atoms with Gasteiger partial charge in [0, 0.05) is 45.8 Å². The molecule has 2 saturated heterocycles. The van der Waals surface area contributed by atoms with E-state index in [1.165, 1.54) is 5.56 Å². The summed E-state index contributed by atoms with van der Waals surface area (Å²) in [5.41, 5.74) is 2.42. The first-order valence-corrected chi connectivity index (χ1v) is 10.7. The maximum atomic E-state index is 13.3. The van der Waals surface area contributed by atoms with Gasteiger partial charge in [-0.3, -0.25) is 14.6 Å². The van der Waals surface area contributed by atoms with Crippen molar-refractivity contribution in [3.05, 3.63) is 65.7 Å². The molecule has 29 heavy (non-hydrogen) atoms. The van der Waals surface area contributed by atoms with E-state index in [2.05, 4.69) is 39.0 Å². The van der Waals surface area contributed by atoms with Crippen LogP contribution in [0.1, 0.15) is 30.0 Å². The Kier molecular flexibility index (Phi) is 6.47. The number of rotatable bonds is 6. The quantitative estimate of drug-likeness (QED) is 0.755. The Balaban J connectivity index is 1.41. The molecule has 0 radical (unpaired) electrons. The standard InChI is InChI=1S/C24H31N3O2/c1-29-22-11-9-20(10-12-22)19-25-15-17-26(18-16-25)23(21-7-3-2-4-8-21)24(28)27-13-5-6-14-27/h2-4,7-12,23H,5-6,13-19H2,1H3. The monoisotopic (exact) mass is 393 g/mol. The van der Waals surface area contributed by atoms with Gasteiger partial charge in [-0.05, 0) is 36.1 Å². The highest BCUT2D eigenvalue weighted by molar-refractivity contribution is 5.83. The van der Waals surface area contributed by atoms with Crippen molar-refractivity contribution in [1.29, 1.82) is 0 Å². The van der Waals surface area contributed by atoms with E-state index in [1.54, 1.807) is 7.11 Å². The highest BCUT2D eigenvalue weighted by atomic mass is 16.5. The molecule has 2 aromatic carbocycles. The summed E-state index contributed by atoms with van der Waals surface area (Å²) in [7, 11) is 1.70. The maximum absolute atomic E-state index is 13.3. The van der Waals surface area contributed by atoms with E-state index in [0.29, 0.717) is 0 Å². The van der Waals surface area contributed by atoms with Gasteiger partial charge in [-0.2, -0.15) is 0 Å². The van der Waals surface area contributed by atoms with Crippen LogP contribution in [0.15, 0.2) is 54.6 Å². The first-order chi connectivity index (χ1) is 14.2. The molecule has 5 heteroatoms. The molecule has 2 aromatic rings. The predicted molar refractivity (Wildman–Crippen MR) is 115 cm³/mol. The lowest BCUT2D eigenvalue weighted by atomic mass is 10.0. The van der Waals surface area contributed by atoms with Crippen LogP contribution in [0.2, 0.25) is 0 Å². The molecular weight excluding hydrogens is 362 g/mol. The molecule has 2 heterocycles. The number of hydrogen-bond acceptors (Lipinski definition) is 4. The molecule has 1 atom stereocenters. The third-order valence-corrected chi connectivity index (χ3v) is 6.10. The van der Waals surface area contributed by atoms with Crippen molar-refractivity contribution in [3.8, 4) is 5.75 Å². The molecule has 0 bridgehead atoms. The van der Waals surface area contributed by atoms with Crippen LogP contribution >= 0.6 is 0 Å². The first kappa shape index (κ1) is 19.9. The minimum absolute atomic E-state index is 0.155. The number of benzene rings is 2.